The van der Waals surface area contributed by atoms with Crippen LogP contribution in [0.4, 0.5) is 17.6 Å². The lowest BCUT2D eigenvalue weighted by Gasteiger charge is -2.16. The maximum absolute atomic E-state index is 13.1. The van der Waals surface area contributed by atoms with Gasteiger partial charge in [-0.1, -0.05) is 30.8 Å². The van der Waals surface area contributed by atoms with Crippen LogP contribution in [0.15, 0.2) is 49.7 Å². The summed E-state index contributed by atoms with van der Waals surface area (Å²) < 4.78 is 67.9. The predicted molar refractivity (Wildman–Crippen MR) is 165 cm³/mol. The molecule has 0 atom stereocenters. The van der Waals surface area contributed by atoms with Crippen molar-refractivity contribution < 1.29 is 41.4 Å². The molecule has 1 aliphatic heterocycles. The Hall–Kier alpha value is -5.41. The molecule has 1 amide bonds. The van der Waals surface area contributed by atoms with E-state index in [9.17, 15) is 27.2 Å². The summed E-state index contributed by atoms with van der Waals surface area (Å²) in [6.45, 7) is 5.75. The highest BCUT2D eigenvalue weighted by molar-refractivity contribution is 5.99. The van der Waals surface area contributed by atoms with Gasteiger partial charge >= 0.3 is 5.97 Å². The highest BCUT2D eigenvalue weighted by Gasteiger charge is 2.34. The van der Waals surface area contributed by atoms with Crippen LogP contribution >= 0.6 is 0 Å². The van der Waals surface area contributed by atoms with E-state index in [2.05, 4.69) is 36.4 Å². The molecule has 4 heterocycles. The van der Waals surface area contributed by atoms with E-state index in [0.29, 0.717) is 19.2 Å². The second kappa shape index (κ2) is 14.6. The quantitative estimate of drug-likeness (QED) is 0.152. The Balaban J connectivity index is 0.000000248. The Bertz CT molecular complexity index is 1790. The first-order valence-corrected chi connectivity index (χ1v) is 14.4. The predicted octanol–water partition coefficient (Wildman–Crippen LogP) is 5.32. The average molecular weight is 672 g/mol. The van der Waals surface area contributed by atoms with Gasteiger partial charge in [-0.15, -0.1) is 0 Å². The summed E-state index contributed by atoms with van der Waals surface area (Å²) in [5, 5.41) is 4.36. The number of ether oxygens (including phenoxy) is 3. The maximum Gasteiger partial charge on any atom is 0.345 e. The van der Waals surface area contributed by atoms with Gasteiger partial charge in [-0.25, -0.2) is 42.3 Å². The minimum atomic E-state index is -3.04. The van der Waals surface area contributed by atoms with Crippen molar-refractivity contribution in [3.05, 3.63) is 83.5 Å². The van der Waals surface area contributed by atoms with Gasteiger partial charge in [0.15, 0.2) is 13.2 Å². The summed E-state index contributed by atoms with van der Waals surface area (Å²) in [4.78, 5) is 41.4. The summed E-state index contributed by atoms with van der Waals surface area (Å²) in [5.74, 6) is -7.52. The van der Waals surface area contributed by atoms with Crippen LogP contribution in [0.3, 0.4) is 0 Å². The SMILES string of the molecule is C=Cc1ncnc(OCC(C)(F)F)c1C(=O)OC.Cc1nn(C)cc1-c1ccc(CN2Cc3ncnc(OCC(C)(F)F)c3C2=O)cc1. The van der Waals surface area contributed by atoms with Gasteiger partial charge in [0, 0.05) is 39.2 Å². The number of alkyl halides is 4. The molecular formula is C32H33F4N7O5. The molecule has 1 aliphatic rings. The van der Waals surface area contributed by atoms with Gasteiger partial charge in [-0.05, 0) is 24.1 Å². The standard InChI is InChI=1S/C21H21F2N5O2.C11H12F2N2O3/c1-13-16(9-27(3)26-13)15-6-4-14(5-7-15)8-28-10-17-18(20(28)29)19(25-12-24-17)30-11-21(2,22)23;1-4-7-8(10(16)17-3)9(15-6-14-7)18-5-11(2,12)13/h4-7,9,12H,8,10-11H2,1-3H3;4,6H,1,5H2,2-3H3. The minimum absolute atomic E-state index is 0.101. The third-order valence-electron chi connectivity index (χ3n) is 6.73. The van der Waals surface area contributed by atoms with Crippen LogP contribution in [-0.2, 0) is 24.9 Å². The Morgan fingerprint density at radius 3 is 2.15 bits per heavy atom. The first-order valence-electron chi connectivity index (χ1n) is 14.4. The third-order valence-corrected chi connectivity index (χ3v) is 6.73. The summed E-state index contributed by atoms with van der Waals surface area (Å²) in [7, 11) is 3.03. The first-order chi connectivity index (χ1) is 22.6. The van der Waals surface area contributed by atoms with E-state index in [4.69, 9.17) is 9.47 Å². The summed E-state index contributed by atoms with van der Waals surface area (Å²) in [6, 6.07) is 7.90. The van der Waals surface area contributed by atoms with Gasteiger partial charge in [0.1, 0.15) is 23.8 Å². The largest absolute Gasteiger partial charge is 0.471 e. The number of hydrogen-bond donors (Lipinski definition) is 0. The second-order valence-electron chi connectivity index (χ2n) is 11.0. The van der Waals surface area contributed by atoms with Gasteiger partial charge < -0.3 is 19.1 Å². The van der Waals surface area contributed by atoms with Crippen molar-refractivity contribution >= 4 is 18.0 Å². The lowest BCUT2D eigenvalue weighted by atomic mass is 10.0. The number of esters is 1. The number of aryl methyl sites for hydroxylation is 2. The number of carbonyl (C=O) groups excluding carboxylic acids is 2. The molecule has 1 aromatic carbocycles. The van der Waals surface area contributed by atoms with Crippen molar-refractivity contribution in [1.82, 2.24) is 34.6 Å². The molecule has 5 rings (SSSR count). The van der Waals surface area contributed by atoms with Crippen LogP contribution < -0.4 is 9.47 Å². The molecule has 0 aliphatic carbocycles. The zero-order valence-electron chi connectivity index (χ0n) is 26.8. The van der Waals surface area contributed by atoms with Gasteiger partial charge in [-0.3, -0.25) is 9.48 Å². The molecule has 4 aromatic rings. The topological polar surface area (TPSA) is 134 Å². The van der Waals surface area contributed by atoms with Crippen molar-refractivity contribution in [2.75, 3.05) is 20.3 Å². The molecule has 0 saturated heterocycles. The Kier molecular flexibility index (Phi) is 10.8. The van der Waals surface area contributed by atoms with Gasteiger partial charge in [0.25, 0.3) is 17.8 Å². The normalized spacial score (nSPS) is 12.6. The third kappa shape index (κ3) is 8.89. The summed E-state index contributed by atoms with van der Waals surface area (Å²) in [5.41, 5.74) is 4.65. The van der Waals surface area contributed by atoms with E-state index in [1.54, 1.807) is 9.58 Å². The number of carbonyl (C=O) groups is 2. The molecule has 12 nitrogen and oxygen atoms in total. The molecular weight excluding hydrogens is 638 g/mol. The molecule has 48 heavy (non-hydrogen) atoms. The number of hydrogen-bond acceptors (Lipinski definition) is 10. The monoisotopic (exact) mass is 671 g/mol. The van der Waals surface area contributed by atoms with Gasteiger partial charge in [-0.2, -0.15) is 5.10 Å². The van der Waals surface area contributed by atoms with E-state index >= 15 is 0 Å². The van der Waals surface area contributed by atoms with E-state index in [1.807, 2.05) is 44.4 Å². The molecule has 16 heteroatoms. The number of benzene rings is 1. The number of fused-ring (bicyclic) bond motifs is 1. The van der Waals surface area contributed by atoms with Crippen LogP contribution in [0, 0.1) is 6.92 Å². The van der Waals surface area contributed by atoms with Crippen LogP contribution in [0.25, 0.3) is 17.2 Å². The zero-order chi connectivity index (χ0) is 35.2. The number of amides is 1. The van der Waals surface area contributed by atoms with Crippen LogP contribution in [0.2, 0.25) is 0 Å². The number of aromatic nitrogens is 6. The Labute approximate surface area is 273 Å². The fraction of sp³-hybridized carbons (Fsp3) is 0.344. The molecule has 0 saturated carbocycles. The molecule has 3 aromatic heterocycles. The van der Waals surface area contributed by atoms with E-state index in [1.165, 1.54) is 12.4 Å². The van der Waals surface area contributed by atoms with Crippen molar-refractivity contribution in [3.63, 3.8) is 0 Å². The maximum atomic E-state index is 13.1. The van der Waals surface area contributed by atoms with Crippen molar-refractivity contribution in [2.45, 2.75) is 45.7 Å². The Morgan fingerprint density at radius 2 is 1.58 bits per heavy atom. The molecule has 0 bridgehead atoms. The molecule has 0 N–H and O–H groups in total. The van der Waals surface area contributed by atoms with Crippen LogP contribution in [-0.4, -0.2) is 78.7 Å². The lowest BCUT2D eigenvalue weighted by Crippen LogP contribution is -2.25. The first kappa shape index (κ1) is 35.4. The highest BCUT2D eigenvalue weighted by atomic mass is 19.3. The Morgan fingerprint density at radius 1 is 0.979 bits per heavy atom. The fourth-order valence-electron chi connectivity index (χ4n) is 4.61. The van der Waals surface area contributed by atoms with Crippen molar-refractivity contribution in [2.24, 2.45) is 7.05 Å². The van der Waals surface area contributed by atoms with Gasteiger partial charge in [0.05, 0.1) is 30.7 Å². The molecule has 0 fully saturated rings. The minimum Gasteiger partial charge on any atom is -0.471 e. The molecule has 254 valence electrons. The van der Waals surface area contributed by atoms with E-state index in [0.717, 1.165) is 42.7 Å². The number of halogens is 4. The van der Waals surface area contributed by atoms with E-state index < -0.39 is 31.0 Å². The molecule has 0 spiro atoms. The van der Waals surface area contributed by atoms with Gasteiger partial charge in [0.2, 0.25) is 11.8 Å². The van der Waals surface area contributed by atoms with E-state index in [-0.39, 0.29) is 41.0 Å². The fourth-order valence-corrected chi connectivity index (χ4v) is 4.61. The molecule has 0 unspecified atom stereocenters. The van der Waals surface area contributed by atoms with Crippen molar-refractivity contribution in [3.8, 4) is 22.9 Å². The average Bonchev–Trinajstić information content (AvgIpc) is 3.55. The second-order valence-corrected chi connectivity index (χ2v) is 11.0. The number of nitrogens with zero attached hydrogens (tertiary/aromatic N) is 7. The highest BCUT2D eigenvalue weighted by Crippen LogP contribution is 2.30. The van der Waals surface area contributed by atoms with Crippen LogP contribution in [0.5, 0.6) is 11.8 Å². The summed E-state index contributed by atoms with van der Waals surface area (Å²) >= 11 is 0. The number of rotatable bonds is 11. The van der Waals surface area contributed by atoms with Crippen molar-refractivity contribution in [1.29, 1.82) is 0 Å². The zero-order valence-corrected chi connectivity index (χ0v) is 26.8. The summed E-state index contributed by atoms with van der Waals surface area (Å²) in [6.07, 6.45) is 5.56. The lowest BCUT2D eigenvalue weighted by molar-refractivity contribution is -0.0250. The number of methoxy groups -OCH3 is 1. The van der Waals surface area contributed by atoms with Crippen LogP contribution in [0.1, 0.15) is 57.2 Å². The smallest absolute Gasteiger partial charge is 0.345 e. The molecule has 0 radical (unpaired) electrons.